The van der Waals surface area contributed by atoms with Gasteiger partial charge in [-0.15, -0.1) is 0 Å². The van der Waals surface area contributed by atoms with Crippen molar-refractivity contribution in [2.24, 2.45) is 0 Å². The number of fused-ring (bicyclic) bond motifs is 1. The topological polar surface area (TPSA) is 79.0 Å². The van der Waals surface area contributed by atoms with Crippen LogP contribution in [0, 0.1) is 5.82 Å². The van der Waals surface area contributed by atoms with E-state index in [1.165, 1.54) is 12.1 Å². The fourth-order valence-electron chi connectivity index (χ4n) is 3.39. The summed E-state index contributed by atoms with van der Waals surface area (Å²) in [5.41, 5.74) is 2.38. The van der Waals surface area contributed by atoms with Crippen LogP contribution in [0.3, 0.4) is 0 Å². The quantitative estimate of drug-likeness (QED) is 0.794. The van der Waals surface area contributed by atoms with Gasteiger partial charge in [0.1, 0.15) is 18.2 Å². The standard InChI is InChI=1S/C17H19FN4O2/c18-12-2-1-10-5-13(9-24-15(10)6-12)21-17(23)14-8-20-22-16(14)11-3-4-19-7-11/h1-2,6,8,11,13,19H,3-5,7,9H2,(H,20,22)(H,21,23). The average Bonchev–Trinajstić information content (AvgIpc) is 3.25. The largest absolute Gasteiger partial charge is 0.491 e. The highest BCUT2D eigenvalue weighted by Gasteiger charge is 2.27. The predicted octanol–water partition coefficient (Wildman–Crippen LogP) is 1.36. The number of hydrogen-bond acceptors (Lipinski definition) is 4. The molecular weight excluding hydrogens is 311 g/mol. The lowest BCUT2D eigenvalue weighted by Gasteiger charge is -2.26. The first kappa shape index (κ1) is 15.1. The van der Waals surface area contributed by atoms with E-state index in [-0.39, 0.29) is 17.8 Å². The van der Waals surface area contributed by atoms with E-state index in [0.717, 1.165) is 30.8 Å². The summed E-state index contributed by atoms with van der Waals surface area (Å²) in [6.45, 7) is 2.14. The molecule has 4 rings (SSSR count). The summed E-state index contributed by atoms with van der Waals surface area (Å²) in [5, 5.41) is 13.3. The Labute approximate surface area is 138 Å². The molecule has 2 aromatic rings. The fourth-order valence-corrected chi connectivity index (χ4v) is 3.39. The minimum Gasteiger partial charge on any atom is -0.491 e. The van der Waals surface area contributed by atoms with Gasteiger partial charge in [-0.2, -0.15) is 5.10 Å². The van der Waals surface area contributed by atoms with Gasteiger partial charge in [-0.1, -0.05) is 6.07 Å². The van der Waals surface area contributed by atoms with Gasteiger partial charge >= 0.3 is 0 Å². The lowest BCUT2D eigenvalue weighted by atomic mass is 9.99. The molecule has 0 saturated carbocycles. The van der Waals surface area contributed by atoms with E-state index < -0.39 is 0 Å². The second kappa shape index (κ2) is 6.24. The number of ether oxygens (including phenoxy) is 1. The normalized spacial score (nSPS) is 22.7. The van der Waals surface area contributed by atoms with Crippen molar-refractivity contribution in [2.75, 3.05) is 19.7 Å². The summed E-state index contributed by atoms with van der Waals surface area (Å²) >= 11 is 0. The third-order valence-corrected chi connectivity index (χ3v) is 4.65. The average molecular weight is 330 g/mol. The molecule has 2 aliphatic heterocycles. The third-order valence-electron chi connectivity index (χ3n) is 4.65. The Balaban J connectivity index is 1.45. The molecule has 1 aromatic heterocycles. The van der Waals surface area contributed by atoms with Crippen molar-refractivity contribution in [1.29, 1.82) is 0 Å². The number of nitrogens with one attached hydrogen (secondary N) is 3. The molecule has 3 N–H and O–H groups in total. The van der Waals surface area contributed by atoms with Crippen LogP contribution in [0.2, 0.25) is 0 Å². The van der Waals surface area contributed by atoms with E-state index in [1.54, 1.807) is 12.3 Å². The van der Waals surface area contributed by atoms with Crippen LogP contribution in [0.4, 0.5) is 4.39 Å². The van der Waals surface area contributed by atoms with Gasteiger partial charge in [0.2, 0.25) is 0 Å². The molecule has 1 saturated heterocycles. The number of carbonyl (C=O) groups excluding carboxylic acids is 1. The van der Waals surface area contributed by atoms with Gasteiger partial charge in [0, 0.05) is 18.5 Å². The van der Waals surface area contributed by atoms with E-state index in [1.807, 2.05) is 0 Å². The molecule has 24 heavy (non-hydrogen) atoms. The summed E-state index contributed by atoms with van der Waals surface area (Å²) in [4.78, 5) is 12.6. The first-order chi connectivity index (χ1) is 11.7. The highest BCUT2D eigenvalue weighted by Crippen LogP contribution is 2.26. The van der Waals surface area contributed by atoms with Crippen LogP contribution in [-0.2, 0) is 6.42 Å². The number of H-pyrrole nitrogens is 1. The summed E-state index contributed by atoms with van der Waals surface area (Å²) in [6.07, 6.45) is 3.20. The number of aromatic nitrogens is 2. The van der Waals surface area contributed by atoms with Crippen LogP contribution >= 0.6 is 0 Å². The maximum atomic E-state index is 13.2. The van der Waals surface area contributed by atoms with Crippen LogP contribution in [0.1, 0.15) is 34.0 Å². The molecule has 1 fully saturated rings. The molecule has 6 nitrogen and oxygen atoms in total. The molecule has 1 amide bonds. The zero-order chi connectivity index (χ0) is 16.5. The Morgan fingerprint density at radius 3 is 3.17 bits per heavy atom. The molecule has 7 heteroatoms. The van der Waals surface area contributed by atoms with Gasteiger partial charge in [-0.3, -0.25) is 9.89 Å². The number of rotatable bonds is 3. The molecular formula is C17H19FN4O2. The maximum Gasteiger partial charge on any atom is 0.255 e. The fraction of sp³-hybridized carbons (Fsp3) is 0.412. The van der Waals surface area contributed by atoms with Gasteiger partial charge in [0.15, 0.2) is 0 Å². The van der Waals surface area contributed by atoms with Crippen LogP contribution in [-0.4, -0.2) is 41.8 Å². The minimum absolute atomic E-state index is 0.139. The van der Waals surface area contributed by atoms with Crippen LogP contribution < -0.4 is 15.4 Å². The van der Waals surface area contributed by atoms with Crippen molar-refractivity contribution in [3.05, 3.63) is 47.0 Å². The smallest absolute Gasteiger partial charge is 0.255 e. The Hall–Kier alpha value is -2.41. The summed E-state index contributed by atoms with van der Waals surface area (Å²) in [5.74, 6) is 0.385. The SMILES string of the molecule is O=C(NC1COc2cc(F)ccc2C1)c1cn[nH]c1C1CCNC1. The molecule has 2 unspecified atom stereocenters. The Bertz CT molecular complexity index is 755. The molecule has 2 atom stereocenters. The first-order valence-corrected chi connectivity index (χ1v) is 8.17. The lowest BCUT2D eigenvalue weighted by Crippen LogP contribution is -2.43. The Morgan fingerprint density at radius 2 is 2.33 bits per heavy atom. The molecule has 126 valence electrons. The van der Waals surface area contributed by atoms with E-state index in [9.17, 15) is 9.18 Å². The molecule has 0 bridgehead atoms. The van der Waals surface area contributed by atoms with Gasteiger partial charge < -0.3 is 15.4 Å². The molecule has 3 heterocycles. The van der Waals surface area contributed by atoms with Gasteiger partial charge in [0.05, 0.1) is 23.5 Å². The van der Waals surface area contributed by atoms with E-state index >= 15 is 0 Å². The van der Waals surface area contributed by atoms with Crippen molar-refractivity contribution in [3.63, 3.8) is 0 Å². The second-order valence-corrected chi connectivity index (χ2v) is 6.32. The summed E-state index contributed by atoms with van der Waals surface area (Å²) in [7, 11) is 0. The number of benzene rings is 1. The maximum absolute atomic E-state index is 13.2. The minimum atomic E-state index is -0.315. The molecule has 1 aromatic carbocycles. The van der Waals surface area contributed by atoms with Gasteiger partial charge in [-0.05, 0) is 31.0 Å². The summed E-state index contributed by atoms with van der Waals surface area (Å²) < 4.78 is 18.8. The van der Waals surface area contributed by atoms with Crippen molar-refractivity contribution in [1.82, 2.24) is 20.8 Å². The number of amides is 1. The van der Waals surface area contributed by atoms with Crippen molar-refractivity contribution >= 4 is 5.91 Å². The van der Waals surface area contributed by atoms with Crippen LogP contribution in [0.5, 0.6) is 5.75 Å². The second-order valence-electron chi connectivity index (χ2n) is 6.32. The Kier molecular flexibility index (Phi) is 3.93. The Morgan fingerprint density at radius 1 is 1.42 bits per heavy atom. The van der Waals surface area contributed by atoms with Crippen LogP contribution in [0.15, 0.2) is 24.4 Å². The number of halogens is 1. The van der Waals surface area contributed by atoms with E-state index in [2.05, 4.69) is 20.8 Å². The predicted molar refractivity (Wildman–Crippen MR) is 85.7 cm³/mol. The van der Waals surface area contributed by atoms with Crippen molar-refractivity contribution in [2.45, 2.75) is 24.8 Å². The molecule has 0 spiro atoms. The van der Waals surface area contributed by atoms with Gasteiger partial charge in [0.25, 0.3) is 5.91 Å². The molecule has 0 radical (unpaired) electrons. The van der Waals surface area contributed by atoms with E-state index in [4.69, 9.17) is 4.74 Å². The first-order valence-electron chi connectivity index (χ1n) is 8.17. The number of aromatic amines is 1. The highest BCUT2D eigenvalue weighted by atomic mass is 19.1. The summed E-state index contributed by atoms with van der Waals surface area (Å²) in [6, 6.07) is 4.36. The highest BCUT2D eigenvalue weighted by molar-refractivity contribution is 5.95. The van der Waals surface area contributed by atoms with Crippen molar-refractivity contribution < 1.29 is 13.9 Å². The van der Waals surface area contributed by atoms with Gasteiger partial charge in [-0.25, -0.2) is 4.39 Å². The van der Waals surface area contributed by atoms with Crippen LogP contribution in [0.25, 0.3) is 0 Å². The molecule has 2 aliphatic rings. The van der Waals surface area contributed by atoms with E-state index in [0.29, 0.717) is 30.3 Å². The zero-order valence-electron chi connectivity index (χ0n) is 13.1. The third kappa shape index (κ3) is 2.87. The molecule has 0 aliphatic carbocycles. The number of carbonyl (C=O) groups is 1. The zero-order valence-corrected chi connectivity index (χ0v) is 13.1. The number of nitrogens with zero attached hydrogens (tertiary/aromatic N) is 1. The monoisotopic (exact) mass is 330 g/mol. The number of hydrogen-bond donors (Lipinski definition) is 3. The lowest BCUT2D eigenvalue weighted by molar-refractivity contribution is 0.0914. The van der Waals surface area contributed by atoms with Crippen molar-refractivity contribution in [3.8, 4) is 5.75 Å².